The van der Waals surface area contributed by atoms with Gasteiger partial charge in [-0.25, -0.2) is 0 Å². The molecule has 0 spiro atoms. The first kappa shape index (κ1) is 15.7. The molecule has 3 heterocycles. The largest absolute Gasteiger partial charge is 0.459 e. The van der Waals surface area contributed by atoms with E-state index in [2.05, 4.69) is 22.4 Å². The number of carbonyl (C=O) groups is 1. The minimum atomic E-state index is -0.174. The summed E-state index contributed by atoms with van der Waals surface area (Å²) in [5.74, 6) is 1.41. The molecule has 1 aliphatic rings. The van der Waals surface area contributed by atoms with Gasteiger partial charge in [-0.15, -0.1) is 0 Å². The monoisotopic (exact) mass is 318 g/mol. The van der Waals surface area contributed by atoms with Crippen molar-refractivity contribution in [3.63, 3.8) is 0 Å². The number of rotatable bonds is 5. The van der Waals surface area contributed by atoms with E-state index in [1.54, 1.807) is 17.0 Å². The summed E-state index contributed by atoms with van der Waals surface area (Å²) >= 11 is 0. The van der Waals surface area contributed by atoms with E-state index in [0.717, 1.165) is 19.3 Å². The normalized spacial score (nSPS) is 19.7. The summed E-state index contributed by atoms with van der Waals surface area (Å²) in [4.78, 5) is 18.9. The summed E-state index contributed by atoms with van der Waals surface area (Å²) in [7, 11) is 1.90. The Balaban J connectivity index is 1.77. The van der Waals surface area contributed by atoms with Crippen LogP contribution in [-0.4, -0.2) is 40.6 Å². The third-order valence-corrected chi connectivity index (χ3v) is 4.25. The number of hydrogen-bond acceptors (Lipinski definition) is 6. The quantitative estimate of drug-likeness (QED) is 0.909. The molecule has 1 fully saturated rings. The number of nitrogens with zero attached hydrogens (tertiary/aromatic N) is 3. The molecular weight excluding hydrogens is 296 g/mol. The van der Waals surface area contributed by atoms with Crippen molar-refractivity contribution in [3.8, 4) is 0 Å². The molecule has 1 amide bonds. The van der Waals surface area contributed by atoms with Gasteiger partial charge in [0, 0.05) is 19.0 Å². The maximum atomic E-state index is 12.6. The molecule has 0 saturated carbocycles. The molecule has 7 nitrogen and oxygen atoms in total. The van der Waals surface area contributed by atoms with Gasteiger partial charge in [-0.1, -0.05) is 5.16 Å². The molecule has 0 radical (unpaired) electrons. The molecule has 1 saturated heterocycles. The molecule has 1 N–H and O–H groups in total. The van der Waals surface area contributed by atoms with E-state index in [0.29, 0.717) is 30.4 Å². The van der Waals surface area contributed by atoms with Gasteiger partial charge < -0.3 is 19.2 Å². The molecule has 2 aromatic heterocycles. The van der Waals surface area contributed by atoms with E-state index < -0.39 is 0 Å². The van der Waals surface area contributed by atoms with E-state index >= 15 is 0 Å². The fourth-order valence-electron chi connectivity index (χ4n) is 2.83. The second-order valence-electron chi connectivity index (χ2n) is 5.93. The predicted molar refractivity (Wildman–Crippen MR) is 82.9 cm³/mol. The standard InChI is InChI=1S/C16H22N4O3/c1-11(17-2)10-14-18-15(23-19-14)12-6-3-4-8-20(12)16(21)13-7-5-9-22-13/h5,7,9,11-12,17H,3-4,6,8,10H2,1-2H3. The highest BCUT2D eigenvalue weighted by atomic mass is 16.5. The van der Waals surface area contributed by atoms with Crippen molar-refractivity contribution in [2.45, 2.75) is 44.7 Å². The molecule has 0 aromatic carbocycles. The number of amides is 1. The average molecular weight is 318 g/mol. The average Bonchev–Trinajstić information content (AvgIpc) is 3.26. The molecule has 3 rings (SSSR count). The van der Waals surface area contributed by atoms with Gasteiger partial charge in [0.2, 0.25) is 5.89 Å². The molecule has 124 valence electrons. The highest BCUT2D eigenvalue weighted by molar-refractivity contribution is 5.91. The second kappa shape index (κ2) is 6.95. The Morgan fingerprint density at radius 3 is 3.13 bits per heavy atom. The lowest BCUT2D eigenvalue weighted by molar-refractivity contribution is 0.0529. The van der Waals surface area contributed by atoms with Crippen molar-refractivity contribution < 1.29 is 13.7 Å². The SMILES string of the molecule is CNC(C)Cc1noc(C2CCCCN2C(=O)c2ccco2)n1. The molecule has 2 atom stereocenters. The lowest BCUT2D eigenvalue weighted by Gasteiger charge is -2.32. The number of aromatic nitrogens is 2. The Morgan fingerprint density at radius 1 is 1.52 bits per heavy atom. The summed E-state index contributed by atoms with van der Waals surface area (Å²) in [5, 5.41) is 7.20. The van der Waals surface area contributed by atoms with Crippen LogP contribution in [0.5, 0.6) is 0 Å². The number of likely N-dealkylation sites (tertiary alicyclic amines) is 1. The van der Waals surface area contributed by atoms with Crippen molar-refractivity contribution in [1.29, 1.82) is 0 Å². The van der Waals surface area contributed by atoms with Crippen LogP contribution in [0.4, 0.5) is 0 Å². The maximum absolute atomic E-state index is 12.6. The summed E-state index contributed by atoms with van der Waals surface area (Å²) < 4.78 is 10.7. The van der Waals surface area contributed by atoms with Gasteiger partial charge in [-0.05, 0) is 45.4 Å². The smallest absolute Gasteiger partial charge is 0.290 e. The zero-order valence-corrected chi connectivity index (χ0v) is 13.5. The lowest BCUT2D eigenvalue weighted by Crippen LogP contribution is -2.38. The van der Waals surface area contributed by atoms with Gasteiger partial charge in [0.1, 0.15) is 6.04 Å². The summed E-state index contributed by atoms with van der Waals surface area (Å²) in [6.45, 7) is 2.73. The molecule has 2 aromatic rings. The van der Waals surface area contributed by atoms with Crippen LogP contribution in [0, 0.1) is 0 Å². The summed E-state index contributed by atoms with van der Waals surface area (Å²) in [5.41, 5.74) is 0. The molecule has 1 aliphatic heterocycles. The Bertz CT molecular complexity index is 638. The van der Waals surface area contributed by atoms with Gasteiger partial charge in [-0.3, -0.25) is 4.79 Å². The summed E-state index contributed by atoms with van der Waals surface area (Å²) in [6, 6.07) is 3.50. The van der Waals surface area contributed by atoms with Crippen molar-refractivity contribution >= 4 is 5.91 Å². The van der Waals surface area contributed by atoms with E-state index in [-0.39, 0.29) is 18.0 Å². The van der Waals surface area contributed by atoms with Gasteiger partial charge in [-0.2, -0.15) is 4.98 Å². The zero-order chi connectivity index (χ0) is 16.2. The lowest BCUT2D eigenvalue weighted by atomic mass is 10.0. The molecular formula is C16H22N4O3. The minimum absolute atomic E-state index is 0.122. The van der Waals surface area contributed by atoms with E-state index in [9.17, 15) is 4.79 Å². The van der Waals surface area contributed by atoms with Crippen LogP contribution in [0.3, 0.4) is 0 Å². The highest BCUT2D eigenvalue weighted by Crippen LogP contribution is 2.31. The number of likely N-dealkylation sites (N-methyl/N-ethyl adjacent to an activating group) is 1. The second-order valence-corrected chi connectivity index (χ2v) is 5.93. The first-order valence-corrected chi connectivity index (χ1v) is 8.03. The van der Waals surface area contributed by atoms with Crippen molar-refractivity contribution in [2.24, 2.45) is 0 Å². The predicted octanol–water partition coefficient (Wildman–Crippen LogP) is 2.18. The van der Waals surface area contributed by atoms with E-state index in [1.807, 2.05) is 7.05 Å². The number of nitrogens with one attached hydrogen (secondary N) is 1. The van der Waals surface area contributed by atoms with Crippen LogP contribution in [0.15, 0.2) is 27.3 Å². The van der Waals surface area contributed by atoms with Crippen molar-refractivity contribution in [3.05, 3.63) is 35.9 Å². The Kier molecular flexibility index (Phi) is 4.76. The molecule has 7 heteroatoms. The highest BCUT2D eigenvalue weighted by Gasteiger charge is 2.33. The Hall–Kier alpha value is -2.15. The first-order valence-electron chi connectivity index (χ1n) is 8.03. The van der Waals surface area contributed by atoms with E-state index in [4.69, 9.17) is 8.94 Å². The minimum Gasteiger partial charge on any atom is -0.459 e. The van der Waals surface area contributed by atoms with Gasteiger partial charge >= 0.3 is 0 Å². The third kappa shape index (κ3) is 3.44. The van der Waals surface area contributed by atoms with Gasteiger partial charge in [0.05, 0.1) is 6.26 Å². The maximum Gasteiger partial charge on any atom is 0.290 e. The topological polar surface area (TPSA) is 84.4 Å². The number of carbonyl (C=O) groups excluding carboxylic acids is 1. The molecule has 23 heavy (non-hydrogen) atoms. The first-order chi connectivity index (χ1) is 11.2. The van der Waals surface area contributed by atoms with Crippen LogP contribution < -0.4 is 5.32 Å². The zero-order valence-electron chi connectivity index (χ0n) is 13.5. The Morgan fingerprint density at radius 2 is 2.39 bits per heavy atom. The van der Waals surface area contributed by atoms with Crippen molar-refractivity contribution in [2.75, 3.05) is 13.6 Å². The fourth-order valence-corrected chi connectivity index (χ4v) is 2.83. The van der Waals surface area contributed by atoms with Crippen molar-refractivity contribution in [1.82, 2.24) is 20.4 Å². The van der Waals surface area contributed by atoms with E-state index in [1.165, 1.54) is 6.26 Å². The van der Waals surface area contributed by atoms with Crippen LogP contribution >= 0.6 is 0 Å². The molecule has 0 aliphatic carbocycles. The van der Waals surface area contributed by atoms with Gasteiger partial charge in [0.25, 0.3) is 5.91 Å². The third-order valence-electron chi connectivity index (χ3n) is 4.25. The molecule has 0 bridgehead atoms. The van der Waals surface area contributed by atoms with Gasteiger partial charge in [0.15, 0.2) is 11.6 Å². The van der Waals surface area contributed by atoms with Crippen LogP contribution in [0.2, 0.25) is 0 Å². The van der Waals surface area contributed by atoms with Crippen LogP contribution in [-0.2, 0) is 6.42 Å². The molecule has 2 unspecified atom stereocenters. The Labute approximate surface area is 135 Å². The number of hydrogen-bond donors (Lipinski definition) is 1. The van der Waals surface area contributed by atoms with Crippen LogP contribution in [0.1, 0.15) is 54.5 Å². The number of piperidine rings is 1. The number of furan rings is 1. The fraction of sp³-hybridized carbons (Fsp3) is 0.562. The summed E-state index contributed by atoms with van der Waals surface area (Å²) in [6.07, 6.45) is 5.04. The van der Waals surface area contributed by atoms with Crippen LogP contribution in [0.25, 0.3) is 0 Å².